The van der Waals surface area contributed by atoms with E-state index in [0.717, 1.165) is 6.07 Å². The van der Waals surface area contributed by atoms with Gasteiger partial charge in [0, 0.05) is 35.1 Å². The first-order chi connectivity index (χ1) is 10.9. The van der Waals surface area contributed by atoms with Crippen molar-refractivity contribution in [3.63, 3.8) is 0 Å². The van der Waals surface area contributed by atoms with Crippen LogP contribution in [-0.2, 0) is 25.6 Å². The normalized spacial score (nSPS) is 13.7. The van der Waals surface area contributed by atoms with Crippen LogP contribution in [0.3, 0.4) is 0 Å². The van der Waals surface area contributed by atoms with Crippen molar-refractivity contribution in [3.05, 3.63) is 44.3 Å². The van der Waals surface area contributed by atoms with Crippen molar-refractivity contribution in [3.8, 4) is 0 Å². The van der Waals surface area contributed by atoms with Gasteiger partial charge < -0.3 is 4.84 Å². The number of hydrogen-bond acceptors (Lipinski definition) is 7. The van der Waals surface area contributed by atoms with Crippen molar-refractivity contribution in [2.24, 2.45) is 5.11 Å². The molecule has 1 saturated heterocycles. The van der Waals surface area contributed by atoms with Crippen molar-refractivity contribution in [1.29, 1.82) is 0 Å². The second kappa shape index (κ2) is 6.54. The molecule has 1 aliphatic heterocycles. The van der Waals surface area contributed by atoms with Crippen LogP contribution in [-0.4, -0.2) is 27.8 Å². The van der Waals surface area contributed by atoms with Crippen LogP contribution in [0.15, 0.2) is 23.3 Å². The molecule has 11 heteroatoms. The summed E-state index contributed by atoms with van der Waals surface area (Å²) < 4.78 is 0. The van der Waals surface area contributed by atoms with Crippen molar-refractivity contribution in [1.82, 2.24) is 5.06 Å². The maximum absolute atomic E-state index is 11.8. The fourth-order valence-corrected chi connectivity index (χ4v) is 1.93. The molecule has 1 aromatic rings. The summed E-state index contributed by atoms with van der Waals surface area (Å²) in [5.41, 5.74) is 7.89. The molecule has 2 rings (SSSR count). The van der Waals surface area contributed by atoms with E-state index in [9.17, 15) is 24.5 Å². The number of nitro groups is 1. The lowest BCUT2D eigenvalue weighted by Crippen LogP contribution is -2.32. The Bertz CT molecular complexity index is 738. The van der Waals surface area contributed by atoms with Crippen LogP contribution in [0.5, 0.6) is 0 Å². The average Bonchev–Trinajstić information content (AvgIpc) is 2.80. The zero-order valence-electron chi connectivity index (χ0n) is 11.5. The minimum absolute atomic E-state index is 0.00372. The van der Waals surface area contributed by atoms with Gasteiger partial charge in [-0.1, -0.05) is 17.2 Å². The average molecular weight is 319 g/mol. The molecule has 2 amide bonds. The third kappa shape index (κ3) is 3.60. The molecule has 0 unspecified atom stereocenters. The summed E-state index contributed by atoms with van der Waals surface area (Å²) in [7, 11) is 0. The second-order valence-corrected chi connectivity index (χ2v) is 4.48. The molecule has 0 N–H and O–H groups in total. The predicted molar refractivity (Wildman–Crippen MR) is 72.8 cm³/mol. The van der Waals surface area contributed by atoms with E-state index in [1.165, 1.54) is 12.1 Å². The molecule has 0 bridgehead atoms. The van der Waals surface area contributed by atoms with Crippen LogP contribution in [0, 0.1) is 10.1 Å². The number of amides is 2. The Balaban J connectivity index is 2.17. The van der Waals surface area contributed by atoms with Gasteiger partial charge in [-0.15, -0.1) is 5.06 Å². The van der Waals surface area contributed by atoms with Gasteiger partial charge in [0.15, 0.2) is 0 Å². The van der Waals surface area contributed by atoms with E-state index in [4.69, 9.17) is 5.53 Å². The van der Waals surface area contributed by atoms with Gasteiger partial charge in [-0.25, -0.2) is 4.79 Å². The van der Waals surface area contributed by atoms with Crippen LogP contribution in [0.4, 0.5) is 11.4 Å². The Morgan fingerprint density at radius 2 is 2.04 bits per heavy atom. The van der Waals surface area contributed by atoms with Crippen LogP contribution in [0.1, 0.15) is 18.4 Å². The highest BCUT2D eigenvalue weighted by atomic mass is 16.7. The largest absolute Gasteiger partial charge is 0.337 e. The Labute approximate surface area is 128 Å². The monoisotopic (exact) mass is 319 g/mol. The van der Waals surface area contributed by atoms with E-state index < -0.39 is 34.8 Å². The molecule has 23 heavy (non-hydrogen) atoms. The van der Waals surface area contributed by atoms with Crippen molar-refractivity contribution in [2.45, 2.75) is 19.3 Å². The summed E-state index contributed by atoms with van der Waals surface area (Å²) in [6, 6.07) is 3.53. The first-order valence-electron chi connectivity index (χ1n) is 6.31. The Morgan fingerprint density at radius 1 is 1.39 bits per heavy atom. The molecule has 0 aromatic heterocycles. The van der Waals surface area contributed by atoms with E-state index in [0.29, 0.717) is 5.06 Å². The lowest BCUT2D eigenvalue weighted by Gasteiger charge is -2.12. The minimum Gasteiger partial charge on any atom is -0.330 e. The van der Waals surface area contributed by atoms with E-state index in [1.807, 2.05) is 0 Å². The number of hydroxylamine groups is 2. The smallest absolute Gasteiger partial charge is 0.330 e. The van der Waals surface area contributed by atoms with E-state index in [1.54, 1.807) is 0 Å². The molecule has 0 spiro atoms. The second-order valence-electron chi connectivity index (χ2n) is 4.48. The highest BCUT2D eigenvalue weighted by Crippen LogP contribution is 2.26. The van der Waals surface area contributed by atoms with E-state index in [2.05, 4.69) is 14.9 Å². The van der Waals surface area contributed by atoms with Gasteiger partial charge in [-0.3, -0.25) is 19.7 Å². The lowest BCUT2D eigenvalue weighted by molar-refractivity contribution is -0.385. The fraction of sp³-hybridized carbons (Fsp3) is 0.250. The Kier molecular flexibility index (Phi) is 4.52. The van der Waals surface area contributed by atoms with Crippen molar-refractivity contribution >= 4 is 29.2 Å². The molecule has 0 radical (unpaired) electrons. The Hall–Kier alpha value is -3.46. The van der Waals surface area contributed by atoms with Gasteiger partial charge in [0.1, 0.15) is 0 Å². The third-order valence-corrected chi connectivity index (χ3v) is 2.96. The van der Waals surface area contributed by atoms with Crippen LogP contribution in [0.25, 0.3) is 10.4 Å². The van der Waals surface area contributed by atoms with Gasteiger partial charge >= 0.3 is 5.97 Å². The van der Waals surface area contributed by atoms with Crippen molar-refractivity contribution < 1.29 is 24.1 Å². The van der Waals surface area contributed by atoms with E-state index >= 15 is 0 Å². The molecular formula is C12H9N5O6. The number of imide groups is 1. The summed E-state index contributed by atoms with van der Waals surface area (Å²) >= 11 is 0. The number of azide groups is 1. The van der Waals surface area contributed by atoms with Gasteiger partial charge in [-0.05, 0) is 5.53 Å². The number of benzene rings is 1. The molecule has 118 valence electrons. The quantitative estimate of drug-likeness (QED) is 0.201. The number of hydrogen-bond donors (Lipinski definition) is 0. The number of nitrogens with zero attached hydrogens (tertiary/aromatic N) is 5. The summed E-state index contributed by atoms with van der Waals surface area (Å²) in [5.74, 6) is -2.28. The van der Waals surface area contributed by atoms with Crippen LogP contribution < -0.4 is 0 Å². The standard InChI is InChI=1S/C12H9N5O6/c13-15-14-8-2-1-7(9(6-8)17(21)22)5-12(20)23-16-10(18)3-4-11(16)19/h1-2,6H,3-5H2. The molecule has 0 aliphatic carbocycles. The summed E-state index contributed by atoms with van der Waals surface area (Å²) in [6.07, 6.45) is -0.621. The van der Waals surface area contributed by atoms with Crippen LogP contribution in [0.2, 0.25) is 0 Å². The zero-order chi connectivity index (χ0) is 17.0. The fourth-order valence-electron chi connectivity index (χ4n) is 1.93. The highest BCUT2D eigenvalue weighted by Gasteiger charge is 2.33. The Morgan fingerprint density at radius 3 is 2.61 bits per heavy atom. The summed E-state index contributed by atoms with van der Waals surface area (Å²) in [5, 5.41) is 14.6. The van der Waals surface area contributed by atoms with Gasteiger partial charge in [0.25, 0.3) is 17.5 Å². The molecule has 0 atom stereocenters. The molecule has 11 nitrogen and oxygen atoms in total. The third-order valence-electron chi connectivity index (χ3n) is 2.96. The van der Waals surface area contributed by atoms with E-state index in [-0.39, 0.29) is 24.1 Å². The molecule has 1 heterocycles. The molecule has 1 aromatic carbocycles. The lowest BCUT2D eigenvalue weighted by atomic mass is 10.1. The maximum Gasteiger partial charge on any atom is 0.337 e. The van der Waals surface area contributed by atoms with Crippen molar-refractivity contribution in [2.75, 3.05) is 0 Å². The first kappa shape index (κ1) is 15.9. The van der Waals surface area contributed by atoms with Gasteiger partial charge in [0.2, 0.25) is 0 Å². The molecule has 1 aliphatic rings. The SMILES string of the molecule is [N-]=[N+]=Nc1ccc(CC(=O)ON2C(=O)CCC2=O)c([N+](=O)[O-])c1. The number of carbonyl (C=O) groups excluding carboxylic acids is 3. The number of carbonyl (C=O) groups is 3. The van der Waals surface area contributed by atoms with Gasteiger partial charge in [-0.2, -0.15) is 0 Å². The summed E-state index contributed by atoms with van der Waals surface area (Å²) in [4.78, 5) is 51.9. The first-order valence-corrected chi connectivity index (χ1v) is 6.31. The zero-order valence-corrected chi connectivity index (χ0v) is 11.5. The molecular weight excluding hydrogens is 310 g/mol. The number of nitro benzene ring substituents is 1. The molecule has 0 saturated carbocycles. The molecule has 1 fully saturated rings. The minimum atomic E-state index is -0.992. The topological polar surface area (TPSA) is 156 Å². The number of rotatable bonds is 5. The summed E-state index contributed by atoms with van der Waals surface area (Å²) in [6.45, 7) is 0. The predicted octanol–water partition coefficient (Wildman–Crippen LogP) is 1.69. The van der Waals surface area contributed by atoms with Crippen LogP contribution >= 0.6 is 0 Å². The van der Waals surface area contributed by atoms with Gasteiger partial charge in [0.05, 0.1) is 11.3 Å². The maximum atomic E-state index is 11.8. The highest BCUT2D eigenvalue weighted by molar-refractivity contribution is 6.01.